The van der Waals surface area contributed by atoms with Crippen molar-refractivity contribution in [1.29, 1.82) is 0 Å². The van der Waals surface area contributed by atoms with Gasteiger partial charge in [-0.05, 0) is 48.9 Å². The number of pyridine rings is 1. The molecule has 0 bridgehead atoms. The van der Waals surface area contributed by atoms with Gasteiger partial charge in [0.05, 0.1) is 0 Å². The molecular formula is C17H21BrN2. The molecule has 0 fully saturated rings. The van der Waals surface area contributed by atoms with Crippen LogP contribution in [-0.2, 0) is 0 Å². The van der Waals surface area contributed by atoms with Crippen molar-refractivity contribution in [2.45, 2.75) is 32.7 Å². The van der Waals surface area contributed by atoms with E-state index in [0.717, 1.165) is 16.7 Å². The first kappa shape index (κ1) is 15.2. The summed E-state index contributed by atoms with van der Waals surface area (Å²) >= 11 is 3.58. The normalized spacial score (nSPS) is 14.0. The Labute approximate surface area is 129 Å². The maximum atomic E-state index is 4.51. The topological polar surface area (TPSA) is 24.9 Å². The molecule has 2 atom stereocenters. The van der Waals surface area contributed by atoms with Crippen LogP contribution in [0.1, 0.15) is 42.6 Å². The minimum absolute atomic E-state index is 0.271. The fraction of sp³-hybridized carbons (Fsp3) is 0.353. The summed E-state index contributed by atoms with van der Waals surface area (Å²) in [6.45, 7) is 7.48. The number of hydrogen-bond donors (Lipinski definition) is 1. The molecule has 106 valence electrons. The van der Waals surface area contributed by atoms with E-state index in [1.54, 1.807) is 0 Å². The van der Waals surface area contributed by atoms with Crippen LogP contribution in [0, 0.1) is 6.92 Å². The summed E-state index contributed by atoms with van der Waals surface area (Å²) in [4.78, 5) is 4.51. The van der Waals surface area contributed by atoms with Crippen LogP contribution in [0.15, 0.2) is 47.1 Å². The van der Waals surface area contributed by atoms with E-state index >= 15 is 0 Å². The average molecular weight is 333 g/mol. The quantitative estimate of drug-likeness (QED) is 0.864. The average Bonchev–Trinajstić information content (AvgIpc) is 2.48. The van der Waals surface area contributed by atoms with Gasteiger partial charge in [-0.15, -0.1) is 0 Å². The molecule has 1 aromatic carbocycles. The summed E-state index contributed by atoms with van der Waals surface area (Å²) in [5.41, 5.74) is 3.76. The lowest BCUT2D eigenvalue weighted by atomic mass is 9.89. The number of benzene rings is 1. The van der Waals surface area contributed by atoms with Crippen LogP contribution >= 0.6 is 15.9 Å². The molecule has 0 aliphatic carbocycles. The number of aryl methyl sites for hydroxylation is 1. The summed E-state index contributed by atoms with van der Waals surface area (Å²) in [6.07, 6.45) is 1.86. The van der Waals surface area contributed by atoms with Gasteiger partial charge in [-0.25, -0.2) is 0 Å². The second kappa shape index (κ2) is 7.00. The number of aromatic nitrogens is 1. The number of rotatable bonds is 5. The fourth-order valence-electron chi connectivity index (χ4n) is 2.54. The molecule has 0 radical (unpaired) electrons. The van der Waals surface area contributed by atoms with Gasteiger partial charge in [0.25, 0.3) is 0 Å². The second-order valence-corrected chi connectivity index (χ2v) is 6.00. The van der Waals surface area contributed by atoms with Gasteiger partial charge in [-0.2, -0.15) is 0 Å². The first-order chi connectivity index (χ1) is 9.63. The Hall–Kier alpha value is -1.19. The van der Waals surface area contributed by atoms with Gasteiger partial charge in [0.2, 0.25) is 0 Å². The smallest absolute Gasteiger partial charge is 0.0450 e. The van der Waals surface area contributed by atoms with E-state index in [4.69, 9.17) is 0 Å². The van der Waals surface area contributed by atoms with Crippen molar-refractivity contribution in [1.82, 2.24) is 10.3 Å². The van der Waals surface area contributed by atoms with Crippen molar-refractivity contribution in [2.24, 2.45) is 0 Å². The third kappa shape index (κ3) is 3.47. The SMILES string of the molecule is CCNC(c1cc(Br)ccc1C)C(C)c1ccccn1. The predicted molar refractivity (Wildman–Crippen MR) is 87.9 cm³/mol. The first-order valence-corrected chi connectivity index (χ1v) is 7.83. The third-order valence-corrected chi connectivity index (χ3v) is 4.15. The van der Waals surface area contributed by atoms with E-state index in [0.29, 0.717) is 5.92 Å². The molecule has 0 amide bonds. The highest BCUT2D eigenvalue weighted by Crippen LogP contribution is 2.32. The summed E-state index contributed by atoms with van der Waals surface area (Å²) < 4.78 is 1.12. The second-order valence-electron chi connectivity index (χ2n) is 5.08. The van der Waals surface area contributed by atoms with Gasteiger partial charge in [0.15, 0.2) is 0 Å². The summed E-state index contributed by atoms with van der Waals surface area (Å²) in [5, 5.41) is 3.60. The Kier molecular flexibility index (Phi) is 5.32. The first-order valence-electron chi connectivity index (χ1n) is 7.03. The van der Waals surface area contributed by atoms with E-state index in [1.807, 2.05) is 12.3 Å². The summed E-state index contributed by atoms with van der Waals surface area (Å²) in [7, 11) is 0. The predicted octanol–water partition coefficient (Wildman–Crippen LogP) is 4.61. The van der Waals surface area contributed by atoms with Gasteiger partial charge in [-0.1, -0.05) is 41.9 Å². The fourth-order valence-corrected chi connectivity index (χ4v) is 2.92. The van der Waals surface area contributed by atoms with E-state index < -0.39 is 0 Å². The van der Waals surface area contributed by atoms with Crippen molar-refractivity contribution in [2.75, 3.05) is 6.54 Å². The molecule has 0 spiro atoms. The van der Waals surface area contributed by atoms with Gasteiger partial charge in [0.1, 0.15) is 0 Å². The Balaban J connectivity index is 2.38. The van der Waals surface area contributed by atoms with Crippen LogP contribution in [0.2, 0.25) is 0 Å². The monoisotopic (exact) mass is 332 g/mol. The molecule has 0 saturated carbocycles. The van der Waals surface area contributed by atoms with Gasteiger partial charge < -0.3 is 5.32 Å². The maximum absolute atomic E-state index is 4.51. The molecule has 2 aromatic rings. The van der Waals surface area contributed by atoms with Crippen molar-refractivity contribution in [3.05, 3.63) is 63.9 Å². The minimum atomic E-state index is 0.271. The van der Waals surface area contributed by atoms with E-state index in [1.165, 1.54) is 11.1 Å². The zero-order valence-corrected chi connectivity index (χ0v) is 13.8. The number of hydrogen-bond acceptors (Lipinski definition) is 2. The molecular weight excluding hydrogens is 312 g/mol. The Morgan fingerprint density at radius 2 is 2.05 bits per heavy atom. The van der Waals surface area contributed by atoms with Gasteiger partial charge >= 0.3 is 0 Å². The van der Waals surface area contributed by atoms with Crippen molar-refractivity contribution >= 4 is 15.9 Å². The van der Waals surface area contributed by atoms with Crippen LogP contribution in [0.4, 0.5) is 0 Å². The lowest BCUT2D eigenvalue weighted by Gasteiger charge is -2.26. The molecule has 0 saturated heterocycles. The Morgan fingerprint density at radius 1 is 1.25 bits per heavy atom. The van der Waals surface area contributed by atoms with E-state index in [9.17, 15) is 0 Å². The van der Waals surface area contributed by atoms with Crippen LogP contribution in [-0.4, -0.2) is 11.5 Å². The zero-order chi connectivity index (χ0) is 14.5. The molecule has 1 aromatic heterocycles. The van der Waals surface area contributed by atoms with Crippen molar-refractivity contribution in [3.8, 4) is 0 Å². The van der Waals surface area contributed by atoms with Gasteiger partial charge in [-0.3, -0.25) is 4.98 Å². The molecule has 0 aliphatic heterocycles. The maximum Gasteiger partial charge on any atom is 0.0450 e. The molecule has 2 unspecified atom stereocenters. The van der Waals surface area contributed by atoms with E-state index in [2.05, 4.69) is 77.3 Å². The molecule has 2 nitrogen and oxygen atoms in total. The number of halogens is 1. The lowest BCUT2D eigenvalue weighted by Crippen LogP contribution is -2.27. The lowest BCUT2D eigenvalue weighted by molar-refractivity contribution is 0.470. The molecule has 3 heteroatoms. The highest BCUT2D eigenvalue weighted by molar-refractivity contribution is 9.10. The number of likely N-dealkylation sites (N-methyl/N-ethyl adjacent to an activating group) is 1. The van der Waals surface area contributed by atoms with E-state index in [-0.39, 0.29) is 6.04 Å². The zero-order valence-electron chi connectivity index (χ0n) is 12.2. The molecule has 20 heavy (non-hydrogen) atoms. The third-order valence-electron chi connectivity index (χ3n) is 3.65. The van der Waals surface area contributed by atoms with Crippen LogP contribution in [0.25, 0.3) is 0 Å². The molecule has 0 aliphatic rings. The highest BCUT2D eigenvalue weighted by atomic mass is 79.9. The molecule has 2 rings (SSSR count). The summed E-state index contributed by atoms with van der Waals surface area (Å²) in [6, 6.07) is 12.8. The highest BCUT2D eigenvalue weighted by Gasteiger charge is 2.22. The van der Waals surface area contributed by atoms with Crippen LogP contribution in [0.5, 0.6) is 0 Å². The van der Waals surface area contributed by atoms with Crippen molar-refractivity contribution < 1.29 is 0 Å². The Morgan fingerprint density at radius 3 is 2.70 bits per heavy atom. The largest absolute Gasteiger partial charge is 0.310 e. The standard InChI is InChI=1S/C17H21BrN2/c1-4-19-17(13(3)16-7-5-6-10-20-16)15-11-14(18)9-8-12(15)2/h5-11,13,17,19H,4H2,1-3H3. The molecule has 1 N–H and O–H groups in total. The number of nitrogens with zero attached hydrogens (tertiary/aromatic N) is 1. The van der Waals surface area contributed by atoms with Crippen LogP contribution in [0.3, 0.4) is 0 Å². The molecule has 1 heterocycles. The van der Waals surface area contributed by atoms with Gasteiger partial charge in [0, 0.05) is 28.3 Å². The Bertz CT molecular complexity index is 554. The van der Waals surface area contributed by atoms with Crippen LogP contribution < -0.4 is 5.32 Å². The number of nitrogens with one attached hydrogen (secondary N) is 1. The van der Waals surface area contributed by atoms with Crippen molar-refractivity contribution in [3.63, 3.8) is 0 Å². The minimum Gasteiger partial charge on any atom is -0.310 e. The summed E-state index contributed by atoms with van der Waals surface area (Å²) in [5.74, 6) is 0.323.